The van der Waals surface area contributed by atoms with E-state index in [4.69, 9.17) is 11.6 Å². The van der Waals surface area contributed by atoms with Crippen LogP contribution in [0.4, 0.5) is 11.4 Å². The van der Waals surface area contributed by atoms with E-state index in [2.05, 4.69) is 29.6 Å². The quantitative estimate of drug-likeness (QED) is 0.459. The Hall–Kier alpha value is -2.52. The molecule has 3 aromatic rings. The predicted octanol–water partition coefficient (Wildman–Crippen LogP) is 6.70. The lowest BCUT2D eigenvalue weighted by molar-refractivity contribution is 0.0933. The molecule has 6 rings (SSSR count). The number of anilines is 2. The number of carbonyl (C=O) groups is 1. The largest absolute Gasteiger partial charge is 0.357 e. The Kier molecular flexibility index (Phi) is 3.73. The zero-order valence-corrected chi connectivity index (χ0v) is 17.0. The van der Waals surface area contributed by atoms with Gasteiger partial charge in [0, 0.05) is 27.5 Å². The molecule has 29 heavy (non-hydrogen) atoms. The molecule has 0 radical (unpaired) electrons. The highest BCUT2D eigenvalue weighted by Crippen LogP contribution is 2.56. The Bertz CT molecular complexity index is 1140. The standard InChI is InChI=1S/C25H23ClN2O/c26-18-13-14-22-21(15-18)27-25(17-9-3-1-2-4-10-17)20-12-6-8-16-7-5-11-19(23(16)20)24(29)28(22)25/h5-8,11-15,17,27H,1-4,9-10H2. The van der Waals surface area contributed by atoms with Crippen molar-refractivity contribution in [2.45, 2.75) is 44.2 Å². The molecule has 2 aliphatic heterocycles. The number of hydrogen-bond acceptors (Lipinski definition) is 2. The van der Waals surface area contributed by atoms with Gasteiger partial charge in [-0.05, 0) is 42.5 Å². The van der Waals surface area contributed by atoms with E-state index in [0.717, 1.165) is 40.6 Å². The molecular formula is C25H23ClN2O. The van der Waals surface area contributed by atoms with Crippen molar-refractivity contribution >= 4 is 39.7 Å². The van der Waals surface area contributed by atoms with E-state index in [-0.39, 0.29) is 5.91 Å². The van der Waals surface area contributed by atoms with Gasteiger partial charge in [-0.25, -0.2) is 0 Å². The van der Waals surface area contributed by atoms with Gasteiger partial charge in [-0.2, -0.15) is 0 Å². The van der Waals surface area contributed by atoms with Crippen molar-refractivity contribution in [1.29, 1.82) is 0 Å². The smallest absolute Gasteiger partial charge is 0.261 e. The molecule has 3 aliphatic rings. The molecule has 1 aliphatic carbocycles. The first-order valence-corrected chi connectivity index (χ1v) is 11.0. The van der Waals surface area contributed by atoms with E-state index < -0.39 is 5.66 Å². The fourth-order valence-corrected chi connectivity index (χ4v) is 6.04. The second-order valence-corrected chi connectivity index (χ2v) is 9.03. The van der Waals surface area contributed by atoms with Gasteiger partial charge < -0.3 is 5.32 Å². The fourth-order valence-electron chi connectivity index (χ4n) is 5.87. The maximum absolute atomic E-state index is 13.9. The molecule has 0 bridgehead atoms. The highest BCUT2D eigenvalue weighted by atomic mass is 35.5. The third kappa shape index (κ3) is 2.28. The zero-order valence-electron chi connectivity index (χ0n) is 16.2. The monoisotopic (exact) mass is 402 g/mol. The van der Waals surface area contributed by atoms with Crippen LogP contribution in [0.25, 0.3) is 10.8 Å². The summed E-state index contributed by atoms with van der Waals surface area (Å²) in [6, 6.07) is 18.4. The summed E-state index contributed by atoms with van der Waals surface area (Å²) in [6.45, 7) is 0. The number of nitrogens with one attached hydrogen (secondary N) is 1. The van der Waals surface area contributed by atoms with Crippen molar-refractivity contribution in [3.63, 3.8) is 0 Å². The minimum atomic E-state index is -0.539. The molecule has 1 N–H and O–H groups in total. The lowest BCUT2D eigenvalue weighted by Gasteiger charge is -2.48. The van der Waals surface area contributed by atoms with Crippen molar-refractivity contribution < 1.29 is 4.79 Å². The average Bonchev–Trinajstić information content (AvgIpc) is 2.88. The van der Waals surface area contributed by atoms with Crippen LogP contribution in [-0.4, -0.2) is 5.91 Å². The molecule has 1 atom stereocenters. The van der Waals surface area contributed by atoms with Crippen LogP contribution >= 0.6 is 11.6 Å². The Balaban J connectivity index is 1.69. The number of hydrogen-bond donors (Lipinski definition) is 1. The summed E-state index contributed by atoms with van der Waals surface area (Å²) >= 11 is 6.34. The van der Waals surface area contributed by atoms with E-state index in [1.165, 1.54) is 31.2 Å². The molecule has 1 saturated carbocycles. The van der Waals surface area contributed by atoms with Gasteiger partial charge in [0.05, 0.1) is 11.4 Å². The highest BCUT2D eigenvalue weighted by molar-refractivity contribution is 6.31. The molecule has 4 heteroatoms. The lowest BCUT2D eigenvalue weighted by atomic mass is 9.75. The van der Waals surface area contributed by atoms with Crippen LogP contribution in [0, 0.1) is 5.92 Å². The van der Waals surface area contributed by atoms with E-state index in [0.29, 0.717) is 10.9 Å². The molecule has 2 heterocycles. The van der Waals surface area contributed by atoms with Crippen LogP contribution in [0.2, 0.25) is 5.02 Å². The first kappa shape index (κ1) is 17.3. The second-order valence-electron chi connectivity index (χ2n) is 8.59. The first-order chi connectivity index (χ1) is 14.2. The van der Waals surface area contributed by atoms with Gasteiger partial charge in [0.2, 0.25) is 0 Å². The molecular weight excluding hydrogens is 380 g/mol. The third-order valence-electron chi connectivity index (χ3n) is 7.07. The van der Waals surface area contributed by atoms with Crippen molar-refractivity contribution in [3.05, 3.63) is 70.7 Å². The molecule has 0 spiro atoms. The van der Waals surface area contributed by atoms with Crippen LogP contribution in [0.15, 0.2) is 54.6 Å². The minimum absolute atomic E-state index is 0.0899. The van der Waals surface area contributed by atoms with E-state index in [9.17, 15) is 4.79 Å². The summed E-state index contributed by atoms with van der Waals surface area (Å²) in [7, 11) is 0. The van der Waals surface area contributed by atoms with Crippen molar-refractivity contribution in [2.24, 2.45) is 5.92 Å². The number of rotatable bonds is 1. The first-order valence-electron chi connectivity index (χ1n) is 10.6. The topological polar surface area (TPSA) is 32.3 Å². The number of nitrogens with zero attached hydrogens (tertiary/aromatic N) is 1. The van der Waals surface area contributed by atoms with Gasteiger partial charge >= 0.3 is 0 Å². The third-order valence-corrected chi connectivity index (χ3v) is 7.31. The Labute approximate surface area is 175 Å². The Morgan fingerprint density at radius 2 is 1.72 bits per heavy atom. The van der Waals surface area contributed by atoms with Gasteiger partial charge in [-0.1, -0.05) is 67.6 Å². The van der Waals surface area contributed by atoms with E-state index in [1.54, 1.807) is 0 Å². The van der Waals surface area contributed by atoms with Gasteiger partial charge in [-0.3, -0.25) is 9.69 Å². The summed E-state index contributed by atoms with van der Waals surface area (Å²) in [4.78, 5) is 16.0. The molecule has 3 aromatic carbocycles. The van der Waals surface area contributed by atoms with Gasteiger partial charge in [0.1, 0.15) is 5.66 Å². The minimum Gasteiger partial charge on any atom is -0.357 e. The molecule has 146 valence electrons. The molecule has 1 unspecified atom stereocenters. The lowest BCUT2D eigenvalue weighted by Crippen LogP contribution is -2.58. The predicted molar refractivity (Wildman–Crippen MR) is 119 cm³/mol. The number of benzene rings is 3. The summed E-state index contributed by atoms with van der Waals surface area (Å²) < 4.78 is 0. The molecule has 3 nitrogen and oxygen atoms in total. The molecule has 0 aromatic heterocycles. The van der Waals surface area contributed by atoms with Crippen molar-refractivity contribution in [3.8, 4) is 0 Å². The van der Waals surface area contributed by atoms with Gasteiger partial charge in [0.25, 0.3) is 5.91 Å². The van der Waals surface area contributed by atoms with Crippen LogP contribution in [-0.2, 0) is 5.66 Å². The highest BCUT2D eigenvalue weighted by Gasteiger charge is 2.56. The number of carbonyl (C=O) groups excluding carboxylic acids is 1. The Morgan fingerprint density at radius 1 is 0.966 bits per heavy atom. The summed E-state index contributed by atoms with van der Waals surface area (Å²) in [5, 5.41) is 6.77. The molecule has 1 fully saturated rings. The molecule has 1 amide bonds. The van der Waals surface area contributed by atoms with Crippen LogP contribution in [0.5, 0.6) is 0 Å². The van der Waals surface area contributed by atoms with Gasteiger partial charge in [0.15, 0.2) is 0 Å². The normalized spacial score (nSPS) is 23.5. The van der Waals surface area contributed by atoms with Gasteiger partial charge in [-0.15, -0.1) is 0 Å². The van der Waals surface area contributed by atoms with Crippen molar-refractivity contribution in [2.75, 3.05) is 10.2 Å². The number of amides is 1. The summed E-state index contributed by atoms with van der Waals surface area (Å²) in [6.07, 6.45) is 7.23. The maximum atomic E-state index is 13.9. The zero-order chi connectivity index (χ0) is 19.6. The maximum Gasteiger partial charge on any atom is 0.261 e. The van der Waals surface area contributed by atoms with Crippen LogP contribution < -0.4 is 10.2 Å². The fraction of sp³-hybridized carbons (Fsp3) is 0.320. The summed E-state index contributed by atoms with van der Waals surface area (Å²) in [5.74, 6) is 0.450. The van der Waals surface area contributed by atoms with Crippen LogP contribution in [0.3, 0.4) is 0 Å². The van der Waals surface area contributed by atoms with Crippen molar-refractivity contribution in [1.82, 2.24) is 0 Å². The average molecular weight is 403 g/mol. The Morgan fingerprint density at radius 3 is 2.52 bits per heavy atom. The molecule has 0 saturated heterocycles. The SMILES string of the molecule is O=C1c2cccc3cccc(c23)C2(C3CCCCCC3)Nc3cc(Cl)ccc3N12. The van der Waals surface area contributed by atoms with E-state index in [1.807, 2.05) is 35.2 Å². The van der Waals surface area contributed by atoms with E-state index >= 15 is 0 Å². The number of halogens is 1. The summed E-state index contributed by atoms with van der Waals surface area (Å²) in [5.41, 5.74) is 3.38. The van der Waals surface area contributed by atoms with Crippen LogP contribution in [0.1, 0.15) is 54.4 Å². The number of fused-ring (bicyclic) bond motifs is 4. The second kappa shape index (κ2) is 6.24.